The van der Waals surface area contributed by atoms with E-state index in [1.54, 1.807) is 38.1 Å². The number of carbonyl (C=O) groups excluding carboxylic acids is 1. The SMILES string of the molecule is CC(C)(CC(N)=O)NC(C(=O)O)c1ccccc1. The fourth-order valence-electron chi connectivity index (χ4n) is 1.81. The van der Waals surface area contributed by atoms with Gasteiger partial charge < -0.3 is 10.8 Å². The number of rotatable bonds is 6. The standard InChI is InChI=1S/C13H18N2O3/c1-13(2,8-10(14)16)15-11(12(17)18)9-6-4-3-5-7-9/h3-7,11,15H,8H2,1-2H3,(H2,14,16)(H,17,18). The molecule has 0 spiro atoms. The van der Waals surface area contributed by atoms with Crippen LogP contribution in [-0.2, 0) is 9.59 Å². The fourth-order valence-corrected chi connectivity index (χ4v) is 1.81. The summed E-state index contributed by atoms with van der Waals surface area (Å²) in [7, 11) is 0. The molecular weight excluding hydrogens is 232 g/mol. The number of primary amides is 1. The van der Waals surface area contributed by atoms with E-state index < -0.39 is 23.5 Å². The first-order valence-electron chi connectivity index (χ1n) is 5.65. The van der Waals surface area contributed by atoms with E-state index in [0.29, 0.717) is 5.56 Å². The zero-order chi connectivity index (χ0) is 13.8. The third-order valence-corrected chi connectivity index (χ3v) is 2.53. The minimum absolute atomic E-state index is 0.0730. The maximum atomic E-state index is 11.3. The number of nitrogens with two attached hydrogens (primary N) is 1. The van der Waals surface area contributed by atoms with Gasteiger partial charge in [0.05, 0.1) is 0 Å². The van der Waals surface area contributed by atoms with E-state index in [2.05, 4.69) is 5.32 Å². The van der Waals surface area contributed by atoms with Crippen LogP contribution in [0.4, 0.5) is 0 Å². The summed E-state index contributed by atoms with van der Waals surface area (Å²) in [5.41, 5.74) is 5.11. The summed E-state index contributed by atoms with van der Waals surface area (Å²) in [6, 6.07) is 7.96. The largest absolute Gasteiger partial charge is 0.480 e. The second kappa shape index (κ2) is 5.64. The average Bonchev–Trinajstić information content (AvgIpc) is 2.25. The van der Waals surface area contributed by atoms with Gasteiger partial charge in [-0.15, -0.1) is 0 Å². The third kappa shape index (κ3) is 4.18. The molecule has 0 fully saturated rings. The number of aliphatic carboxylic acids is 1. The highest BCUT2D eigenvalue weighted by Crippen LogP contribution is 2.19. The van der Waals surface area contributed by atoms with Crippen LogP contribution in [-0.4, -0.2) is 22.5 Å². The van der Waals surface area contributed by atoms with Gasteiger partial charge in [0.2, 0.25) is 5.91 Å². The summed E-state index contributed by atoms with van der Waals surface area (Å²) in [5.74, 6) is -1.46. The van der Waals surface area contributed by atoms with E-state index in [0.717, 1.165) is 0 Å². The van der Waals surface area contributed by atoms with Gasteiger partial charge in [0.1, 0.15) is 6.04 Å². The number of nitrogens with one attached hydrogen (secondary N) is 1. The van der Waals surface area contributed by atoms with E-state index >= 15 is 0 Å². The van der Waals surface area contributed by atoms with Crippen LogP contribution >= 0.6 is 0 Å². The lowest BCUT2D eigenvalue weighted by atomic mass is 9.96. The Hall–Kier alpha value is -1.88. The molecule has 5 nitrogen and oxygen atoms in total. The van der Waals surface area contributed by atoms with Gasteiger partial charge in [0.15, 0.2) is 0 Å². The minimum atomic E-state index is -0.987. The van der Waals surface area contributed by atoms with Gasteiger partial charge in [-0.05, 0) is 19.4 Å². The van der Waals surface area contributed by atoms with Gasteiger partial charge in [-0.3, -0.25) is 14.9 Å². The first-order valence-corrected chi connectivity index (χ1v) is 5.65. The number of benzene rings is 1. The van der Waals surface area contributed by atoms with Crippen molar-refractivity contribution in [3.63, 3.8) is 0 Å². The predicted octanol–water partition coefficient (Wildman–Crippen LogP) is 1.06. The van der Waals surface area contributed by atoms with Crippen LogP contribution in [0.2, 0.25) is 0 Å². The second-order valence-electron chi connectivity index (χ2n) is 4.85. The molecule has 0 heterocycles. The predicted molar refractivity (Wildman–Crippen MR) is 67.8 cm³/mol. The molecule has 1 atom stereocenters. The lowest BCUT2D eigenvalue weighted by molar-refractivity contribution is -0.140. The Balaban J connectivity index is 2.88. The first kappa shape index (κ1) is 14.2. The molecule has 0 aliphatic carbocycles. The summed E-state index contributed by atoms with van der Waals surface area (Å²) >= 11 is 0. The van der Waals surface area contributed by atoms with E-state index in [-0.39, 0.29) is 6.42 Å². The average molecular weight is 250 g/mol. The van der Waals surface area contributed by atoms with Crippen LogP contribution < -0.4 is 11.1 Å². The second-order valence-corrected chi connectivity index (χ2v) is 4.85. The molecule has 1 aromatic rings. The van der Waals surface area contributed by atoms with Gasteiger partial charge in [-0.1, -0.05) is 30.3 Å². The molecule has 0 saturated heterocycles. The molecule has 4 N–H and O–H groups in total. The van der Waals surface area contributed by atoms with Crippen LogP contribution in [0.1, 0.15) is 31.9 Å². The summed E-state index contributed by atoms with van der Waals surface area (Å²) in [5, 5.41) is 12.2. The highest BCUT2D eigenvalue weighted by Gasteiger charge is 2.29. The zero-order valence-electron chi connectivity index (χ0n) is 10.5. The number of carboxylic acids is 1. The van der Waals surface area contributed by atoms with Crippen LogP contribution in [0.25, 0.3) is 0 Å². The molecule has 0 aliphatic heterocycles. The number of carboxylic acid groups (broad SMARTS) is 1. The maximum absolute atomic E-state index is 11.3. The summed E-state index contributed by atoms with van der Waals surface area (Å²) in [6.07, 6.45) is 0.0730. The lowest BCUT2D eigenvalue weighted by Gasteiger charge is -2.29. The van der Waals surface area contributed by atoms with Gasteiger partial charge in [0.25, 0.3) is 0 Å². The Morgan fingerprint density at radius 3 is 2.33 bits per heavy atom. The Bertz CT molecular complexity index is 429. The van der Waals surface area contributed by atoms with Crippen molar-refractivity contribution in [1.82, 2.24) is 5.32 Å². The molecule has 18 heavy (non-hydrogen) atoms. The van der Waals surface area contributed by atoms with Gasteiger partial charge in [0, 0.05) is 12.0 Å². The van der Waals surface area contributed by atoms with Crippen molar-refractivity contribution >= 4 is 11.9 Å². The maximum Gasteiger partial charge on any atom is 0.325 e. The Labute approximate surface area is 106 Å². The van der Waals surface area contributed by atoms with Crippen molar-refractivity contribution in [2.24, 2.45) is 5.73 Å². The number of hydrogen-bond donors (Lipinski definition) is 3. The normalized spacial score (nSPS) is 13.0. The number of amides is 1. The summed E-state index contributed by atoms with van der Waals surface area (Å²) in [4.78, 5) is 22.2. The lowest BCUT2D eigenvalue weighted by Crippen LogP contribution is -2.46. The molecule has 1 unspecified atom stereocenters. The fraction of sp³-hybridized carbons (Fsp3) is 0.385. The van der Waals surface area contributed by atoms with Crippen molar-refractivity contribution in [2.75, 3.05) is 0 Å². The Kier molecular flexibility index (Phi) is 4.44. The van der Waals surface area contributed by atoms with Crippen molar-refractivity contribution in [1.29, 1.82) is 0 Å². The van der Waals surface area contributed by atoms with Crippen molar-refractivity contribution in [3.05, 3.63) is 35.9 Å². The smallest absolute Gasteiger partial charge is 0.325 e. The molecule has 98 valence electrons. The first-order chi connectivity index (χ1) is 8.32. The molecular formula is C13H18N2O3. The van der Waals surface area contributed by atoms with Crippen LogP contribution in [0.15, 0.2) is 30.3 Å². The molecule has 5 heteroatoms. The van der Waals surface area contributed by atoms with E-state index in [1.807, 2.05) is 6.07 Å². The van der Waals surface area contributed by atoms with Crippen LogP contribution in [0.5, 0.6) is 0 Å². The van der Waals surface area contributed by atoms with Crippen molar-refractivity contribution in [2.45, 2.75) is 31.8 Å². The molecule has 0 saturated carbocycles. The zero-order valence-corrected chi connectivity index (χ0v) is 10.5. The van der Waals surface area contributed by atoms with Gasteiger partial charge >= 0.3 is 5.97 Å². The number of carbonyl (C=O) groups is 2. The van der Waals surface area contributed by atoms with Gasteiger partial charge in [-0.2, -0.15) is 0 Å². The molecule has 1 amide bonds. The van der Waals surface area contributed by atoms with Crippen molar-refractivity contribution in [3.8, 4) is 0 Å². The van der Waals surface area contributed by atoms with Crippen LogP contribution in [0, 0.1) is 0 Å². The Morgan fingerprint density at radius 1 is 1.33 bits per heavy atom. The van der Waals surface area contributed by atoms with Crippen LogP contribution in [0.3, 0.4) is 0 Å². The van der Waals surface area contributed by atoms with Crippen molar-refractivity contribution < 1.29 is 14.7 Å². The topological polar surface area (TPSA) is 92.4 Å². The van der Waals surface area contributed by atoms with E-state index in [4.69, 9.17) is 5.73 Å². The number of hydrogen-bond acceptors (Lipinski definition) is 3. The Morgan fingerprint density at radius 2 is 1.89 bits per heavy atom. The minimum Gasteiger partial charge on any atom is -0.480 e. The highest BCUT2D eigenvalue weighted by molar-refractivity contribution is 5.77. The van der Waals surface area contributed by atoms with Gasteiger partial charge in [-0.25, -0.2) is 0 Å². The molecule has 1 rings (SSSR count). The third-order valence-electron chi connectivity index (χ3n) is 2.53. The summed E-state index contributed by atoms with van der Waals surface area (Å²) < 4.78 is 0. The highest BCUT2D eigenvalue weighted by atomic mass is 16.4. The molecule has 1 aromatic carbocycles. The molecule has 0 aliphatic rings. The van der Waals surface area contributed by atoms with E-state index in [9.17, 15) is 14.7 Å². The quantitative estimate of drug-likeness (QED) is 0.703. The monoisotopic (exact) mass is 250 g/mol. The van der Waals surface area contributed by atoms with E-state index in [1.165, 1.54) is 0 Å². The molecule has 0 bridgehead atoms. The molecule has 0 aromatic heterocycles. The molecule has 0 radical (unpaired) electrons. The summed E-state index contributed by atoms with van der Waals surface area (Å²) in [6.45, 7) is 3.49.